The number of ether oxygens (including phenoxy) is 1. The highest BCUT2D eigenvalue weighted by Gasteiger charge is 2.16. The smallest absolute Gasteiger partial charge is 0.0698 e. The lowest BCUT2D eigenvalue weighted by atomic mass is 10.00. The van der Waals surface area contributed by atoms with Crippen molar-refractivity contribution in [2.45, 2.75) is 19.4 Å². The molecular formula is C7H15NO. The third-order valence-corrected chi connectivity index (χ3v) is 1.86. The molecule has 0 saturated carbocycles. The minimum Gasteiger partial charge on any atom is -0.380 e. The van der Waals surface area contributed by atoms with Gasteiger partial charge in [0.1, 0.15) is 0 Å². The standard InChI is InChI=1S/C7H15NO/c1-6-3-7(9-2)5-8-4-6/h6-8H,3-5H2,1-2H3/t6-,7+/m0/s1. The average Bonchev–Trinajstić information content (AvgIpc) is 1.88. The molecule has 0 aromatic heterocycles. The van der Waals surface area contributed by atoms with Crippen molar-refractivity contribution >= 4 is 0 Å². The Morgan fingerprint density at radius 2 is 2.22 bits per heavy atom. The Hall–Kier alpha value is -0.0800. The van der Waals surface area contributed by atoms with E-state index < -0.39 is 0 Å². The molecule has 1 rings (SSSR count). The molecule has 0 aromatic carbocycles. The zero-order valence-corrected chi connectivity index (χ0v) is 6.18. The summed E-state index contributed by atoms with van der Waals surface area (Å²) < 4.78 is 5.20. The van der Waals surface area contributed by atoms with Crippen molar-refractivity contribution in [3.63, 3.8) is 0 Å². The topological polar surface area (TPSA) is 21.3 Å². The summed E-state index contributed by atoms with van der Waals surface area (Å²) in [5.41, 5.74) is 0. The van der Waals surface area contributed by atoms with E-state index in [-0.39, 0.29) is 0 Å². The molecule has 0 aliphatic carbocycles. The molecular weight excluding hydrogens is 114 g/mol. The van der Waals surface area contributed by atoms with Crippen LogP contribution >= 0.6 is 0 Å². The first-order valence-electron chi connectivity index (χ1n) is 3.56. The van der Waals surface area contributed by atoms with Crippen LogP contribution < -0.4 is 5.32 Å². The van der Waals surface area contributed by atoms with Crippen LogP contribution in [0.25, 0.3) is 0 Å². The Balaban J connectivity index is 2.23. The second-order valence-electron chi connectivity index (χ2n) is 2.86. The Morgan fingerprint density at radius 1 is 1.44 bits per heavy atom. The summed E-state index contributed by atoms with van der Waals surface area (Å²) in [6, 6.07) is 0. The van der Waals surface area contributed by atoms with Gasteiger partial charge in [-0.05, 0) is 18.9 Å². The molecule has 1 aliphatic heterocycles. The van der Waals surface area contributed by atoms with Crippen LogP contribution in [0.5, 0.6) is 0 Å². The van der Waals surface area contributed by atoms with E-state index in [1.807, 2.05) is 0 Å². The van der Waals surface area contributed by atoms with Crippen LogP contribution in [0.15, 0.2) is 0 Å². The van der Waals surface area contributed by atoms with Crippen LogP contribution in [-0.4, -0.2) is 26.3 Å². The number of nitrogens with one attached hydrogen (secondary N) is 1. The summed E-state index contributed by atoms with van der Waals surface area (Å²) in [5.74, 6) is 0.781. The molecule has 2 heteroatoms. The normalized spacial score (nSPS) is 36.7. The summed E-state index contributed by atoms with van der Waals surface area (Å²) in [4.78, 5) is 0. The SMILES string of the molecule is CO[C@H]1CNC[C@@H](C)C1. The van der Waals surface area contributed by atoms with E-state index in [2.05, 4.69) is 12.2 Å². The Bertz CT molecular complexity index is 85.0. The summed E-state index contributed by atoms with van der Waals surface area (Å²) in [5, 5.41) is 3.31. The Morgan fingerprint density at radius 3 is 2.67 bits per heavy atom. The lowest BCUT2D eigenvalue weighted by Crippen LogP contribution is -2.39. The van der Waals surface area contributed by atoms with Crippen molar-refractivity contribution in [3.8, 4) is 0 Å². The summed E-state index contributed by atoms with van der Waals surface area (Å²) in [7, 11) is 1.78. The van der Waals surface area contributed by atoms with Gasteiger partial charge < -0.3 is 10.1 Å². The van der Waals surface area contributed by atoms with E-state index in [4.69, 9.17) is 4.74 Å². The maximum atomic E-state index is 5.20. The molecule has 1 aliphatic rings. The third kappa shape index (κ3) is 1.95. The first kappa shape index (κ1) is 7.03. The second-order valence-corrected chi connectivity index (χ2v) is 2.86. The molecule has 9 heavy (non-hydrogen) atoms. The predicted molar refractivity (Wildman–Crippen MR) is 37.4 cm³/mol. The monoisotopic (exact) mass is 129 g/mol. The lowest BCUT2D eigenvalue weighted by molar-refractivity contribution is 0.0650. The van der Waals surface area contributed by atoms with Gasteiger partial charge in [-0.2, -0.15) is 0 Å². The van der Waals surface area contributed by atoms with E-state index >= 15 is 0 Å². The van der Waals surface area contributed by atoms with Crippen LogP contribution in [0, 0.1) is 5.92 Å². The van der Waals surface area contributed by atoms with Crippen LogP contribution in [0.3, 0.4) is 0 Å². The van der Waals surface area contributed by atoms with Crippen molar-refractivity contribution in [3.05, 3.63) is 0 Å². The minimum atomic E-state index is 0.453. The van der Waals surface area contributed by atoms with Crippen molar-refractivity contribution in [2.24, 2.45) is 5.92 Å². The van der Waals surface area contributed by atoms with E-state index in [1.165, 1.54) is 6.42 Å². The predicted octanol–water partition coefficient (Wildman–Crippen LogP) is 0.631. The van der Waals surface area contributed by atoms with Crippen LogP contribution in [0.2, 0.25) is 0 Å². The zero-order valence-electron chi connectivity index (χ0n) is 6.18. The number of hydrogen-bond donors (Lipinski definition) is 1. The van der Waals surface area contributed by atoms with Gasteiger partial charge in [-0.3, -0.25) is 0 Å². The Labute approximate surface area is 56.6 Å². The number of methoxy groups -OCH3 is 1. The fourth-order valence-electron chi connectivity index (χ4n) is 1.29. The first-order valence-corrected chi connectivity index (χ1v) is 3.56. The van der Waals surface area contributed by atoms with Gasteiger partial charge in [-0.1, -0.05) is 6.92 Å². The number of piperidine rings is 1. The molecule has 0 bridgehead atoms. The minimum absolute atomic E-state index is 0.453. The molecule has 0 unspecified atom stereocenters. The second kappa shape index (κ2) is 3.18. The summed E-state index contributed by atoms with van der Waals surface area (Å²) >= 11 is 0. The first-order chi connectivity index (χ1) is 4.33. The molecule has 2 nitrogen and oxygen atoms in total. The van der Waals surface area contributed by atoms with Crippen molar-refractivity contribution in [1.29, 1.82) is 0 Å². The maximum absolute atomic E-state index is 5.20. The van der Waals surface area contributed by atoms with Gasteiger partial charge in [0.2, 0.25) is 0 Å². The van der Waals surface area contributed by atoms with Crippen LogP contribution in [-0.2, 0) is 4.74 Å². The van der Waals surface area contributed by atoms with Gasteiger partial charge in [0.15, 0.2) is 0 Å². The fraction of sp³-hybridized carbons (Fsp3) is 1.00. The summed E-state index contributed by atoms with van der Waals surface area (Å²) in [6.45, 7) is 4.43. The van der Waals surface area contributed by atoms with Crippen molar-refractivity contribution in [1.82, 2.24) is 5.32 Å². The highest BCUT2D eigenvalue weighted by Crippen LogP contribution is 2.10. The molecule has 0 spiro atoms. The van der Waals surface area contributed by atoms with Gasteiger partial charge in [0.25, 0.3) is 0 Å². The van der Waals surface area contributed by atoms with E-state index in [1.54, 1.807) is 7.11 Å². The van der Waals surface area contributed by atoms with Gasteiger partial charge in [-0.25, -0.2) is 0 Å². The summed E-state index contributed by atoms with van der Waals surface area (Å²) in [6.07, 6.45) is 1.66. The highest BCUT2D eigenvalue weighted by molar-refractivity contribution is 4.73. The fourth-order valence-corrected chi connectivity index (χ4v) is 1.29. The van der Waals surface area contributed by atoms with Crippen molar-refractivity contribution < 1.29 is 4.74 Å². The Kier molecular flexibility index (Phi) is 2.49. The maximum Gasteiger partial charge on any atom is 0.0698 e. The average molecular weight is 129 g/mol. The molecule has 0 amide bonds. The van der Waals surface area contributed by atoms with Gasteiger partial charge in [0, 0.05) is 13.7 Å². The molecule has 2 atom stereocenters. The molecule has 54 valence electrons. The quantitative estimate of drug-likeness (QED) is 0.560. The molecule has 1 heterocycles. The van der Waals surface area contributed by atoms with Gasteiger partial charge in [0.05, 0.1) is 6.10 Å². The van der Waals surface area contributed by atoms with Gasteiger partial charge >= 0.3 is 0 Å². The largest absolute Gasteiger partial charge is 0.380 e. The molecule has 1 saturated heterocycles. The highest BCUT2D eigenvalue weighted by atomic mass is 16.5. The number of hydrogen-bond acceptors (Lipinski definition) is 2. The van der Waals surface area contributed by atoms with Gasteiger partial charge in [-0.15, -0.1) is 0 Å². The molecule has 0 radical (unpaired) electrons. The molecule has 1 N–H and O–H groups in total. The lowest BCUT2D eigenvalue weighted by Gasteiger charge is -2.26. The molecule has 1 fully saturated rings. The third-order valence-electron chi connectivity index (χ3n) is 1.86. The van der Waals surface area contributed by atoms with Crippen LogP contribution in [0.4, 0.5) is 0 Å². The van der Waals surface area contributed by atoms with E-state index in [0.717, 1.165) is 19.0 Å². The zero-order chi connectivity index (χ0) is 6.69. The van der Waals surface area contributed by atoms with E-state index in [9.17, 15) is 0 Å². The van der Waals surface area contributed by atoms with Crippen molar-refractivity contribution in [2.75, 3.05) is 20.2 Å². The molecule has 0 aromatic rings. The van der Waals surface area contributed by atoms with Crippen LogP contribution in [0.1, 0.15) is 13.3 Å². The van der Waals surface area contributed by atoms with E-state index in [0.29, 0.717) is 6.10 Å². The number of rotatable bonds is 1.